The molecule has 4 heteroatoms. The van der Waals surface area contributed by atoms with E-state index in [4.69, 9.17) is 14.9 Å². The number of rotatable bonds is 2. The van der Waals surface area contributed by atoms with Crippen molar-refractivity contribution in [2.24, 2.45) is 0 Å². The van der Waals surface area contributed by atoms with E-state index in [-0.39, 0.29) is 5.89 Å². The summed E-state index contributed by atoms with van der Waals surface area (Å²) in [5.74, 6) is 0.182. The van der Waals surface area contributed by atoms with Gasteiger partial charge < -0.3 is 4.42 Å². The first-order chi connectivity index (χ1) is 7.75. The number of nitriles is 2. The zero-order valence-corrected chi connectivity index (χ0v) is 8.77. The van der Waals surface area contributed by atoms with Crippen molar-refractivity contribution < 1.29 is 4.42 Å². The summed E-state index contributed by atoms with van der Waals surface area (Å²) in [4.78, 5) is 4.19. The Bertz CT molecular complexity index is 553. The molecule has 0 bridgehead atoms. The summed E-state index contributed by atoms with van der Waals surface area (Å²) in [5, 5.41) is 18.2. The van der Waals surface area contributed by atoms with Gasteiger partial charge in [0.15, 0.2) is 5.58 Å². The molecule has 0 saturated carbocycles. The summed E-state index contributed by atoms with van der Waals surface area (Å²) < 4.78 is 5.45. The number of para-hydroxylation sites is 2. The van der Waals surface area contributed by atoms with Gasteiger partial charge in [0, 0.05) is 0 Å². The number of aromatic nitrogens is 1. The van der Waals surface area contributed by atoms with Crippen LogP contribution in [-0.4, -0.2) is 4.98 Å². The van der Waals surface area contributed by atoms with E-state index in [0.29, 0.717) is 17.5 Å². The second kappa shape index (κ2) is 3.67. The minimum atomic E-state index is -1.28. The van der Waals surface area contributed by atoms with Crippen molar-refractivity contribution in [3.63, 3.8) is 0 Å². The topological polar surface area (TPSA) is 73.6 Å². The van der Waals surface area contributed by atoms with Crippen LogP contribution < -0.4 is 0 Å². The van der Waals surface area contributed by atoms with E-state index >= 15 is 0 Å². The van der Waals surface area contributed by atoms with Crippen LogP contribution in [0.5, 0.6) is 0 Å². The molecule has 1 heterocycles. The van der Waals surface area contributed by atoms with Gasteiger partial charge in [0.25, 0.3) is 0 Å². The number of hydrogen-bond acceptors (Lipinski definition) is 4. The van der Waals surface area contributed by atoms with Crippen molar-refractivity contribution in [2.75, 3.05) is 0 Å². The van der Waals surface area contributed by atoms with Gasteiger partial charge in [0.05, 0.1) is 12.1 Å². The molecule has 0 N–H and O–H groups in total. The normalized spacial score (nSPS) is 10.9. The Hall–Kier alpha value is -2.33. The van der Waals surface area contributed by atoms with E-state index in [1.807, 2.05) is 24.3 Å². The van der Waals surface area contributed by atoms with Crippen LogP contribution in [-0.2, 0) is 5.41 Å². The maximum absolute atomic E-state index is 9.08. The highest BCUT2D eigenvalue weighted by atomic mass is 16.3. The molecule has 0 radical (unpaired) electrons. The highest BCUT2D eigenvalue weighted by molar-refractivity contribution is 5.72. The molecule has 0 aliphatic heterocycles. The number of nitrogens with zero attached hydrogens (tertiary/aromatic N) is 3. The number of fused-ring (bicyclic) bond motifs is 1. The summed E-state index contributed by atoms with van der Waals surface area (Å²) in [7, 11) is 0. The molecule has 1 aromatic carbocycles. The first kappa shape index (κ1) is 10.2. The lowest BCUT2D eigenvalue weighted by Crippen LogP contribution is -2.20. The van der Waals surface area contributed by atoms with Crippen LogP contribution in [0.2, 0.25) is 0 Å². The molecule has 4 nitrogen and oxygen atoms in total. The van der Waals surface area contributed by atoms with Gasteiger partial charge >= 0.3 is 0 Å². The standard InChI is InChI=1S/C12H9N3O/c1-2-12(7-13,8-14)11-15-9-5-3-4-6-10(9)16-11/h3-6H,2H2,1H3. The number of hydrogen-bond donors (Lipinski definition) is 0. The maximum atomic E-state index is 9.08. The van der Waals surface area contributed by atoms with Crippen LogP contribution >= 0.6 is 0 Å². The zero-order valence-electron chi connectivity index (χ0n) is 8.77. The largest absolute Gasteiger partial charge is 0.438 e. The predicted molar refractivity (Wildman–Crippen MR) is 57.2 cm³/mol. The summed E-state index contributed by atoms with van der Waals surface area (Å²) in [5.41, 5.74) is -0.0133. The van der Waals surface area contributed by atoms with Crippen LogP contribution in [0.15, 0.2) is 28.7 Å². The van der Waals surface area contributed by atoms with E-state index in [1.165, 1.54) is 0 Å². The van der Waals surface area contributed by atoms with E-state index in [1.54, 1.807) is 19.1 Å². The van der Waals surface area contributed by atoms with Gasteiger partial charge in [-0.1, -0.05) is 19.1 Å². The van der Waals surface area contributed by atoms with Gasteiger partial charge in [0.2, 0.25) is 11.3 Å². The smallest absolute Gasteiger partial charge is 0.230 e. The average Bonchev–Trinajstić information content (AvgIpc) is 2.76. The fourth-order valence-electron chi connectivity index (χ4n) is 1.48. The summed E-state index contributed by atoms with van der Waals surface area (Å²) in [6, 6.07) is 11.2. The van der Waals surface area contributed by atoms with Crippen LogP contribution in [0, 0.1) is 22.7 Å². The van der Waals surface area contributed by atoms with Gasteiger partial charge in [-0.05, 0) is 18.6 Å². The first-order valence-corrected chi connectivity index (χ1v) is 4.94. The molecule has 0 aliphatic carbocycles. The Labute approximate surface area is 92.7 Å². The second-order valence-electron chi connectivity index (χ2n) is 3.47. The molecule has 2 rings (SSSR count). The van der Waals surface area contributed by atoms with Gasteiger partial charge in [-0.25, -0.2) is 4.98 Å². The molecule has 16 heavy (non-hydrogen) atoms. The quantitative estimate of drug-likeness (QED) is 0.764. The Morgan fingerprint density at radius 1 is 1.31 bits per heavy atom. The van der Waals surface area contributed by atoms with Gasteiger partial charge in [-0.3, -0.25) is 0 Å². The summed E-state index contributed by atoms with van der Waals surface area (Å²) >= 11 is 0. The second-order valence-corrected chi connectivity index (χ2v) is 3.47. The lowest BCUT2D eigenvalue weighted by molar-refractivity contribution is 0.454. The van der Waals surface area contributed by atoms with Crippen molar-refractivity contribution in [1.29, 1.82) is 10.5 Å². The monoisotopic (exact) mass is 211 g/mol. The third-order valence-corrected chi connectivity index (χ3v) is 2.57. The molecule has 0 atom stereocenters. The van der Waals surface area contributed by atoms with E-state index in [0.717, 1.165) is 0 Å². The van der Waals surface area contributed by atoms with Crippen molar-refractivity contribution in [2.45, 2.75) is 18.8 Å². The van der Waals surface area contributed by atoms with Crippen LogP contribution in [0.4, 0.5) is 0 Å². The van der Waals surface area contributed by atoms with Crippen molar-refractivity contribution >= 4 is 11.1 Å². The first-order valence-electron chi connectivity index (χ1n) is 4.94. The molecule has 0 saturated heterocycles. The molecular formula is C12H9N3O. The van der Waals surface area contributed by atoms with E-state index in [9.17, 15) is 0 Å². The van der Waals surface area contributed by atoms with Gasteiger partial charge in [-0.15, -0.1) is 0 Å². The molecule has 2 aromatic rings. The van der Waals surface area contributed by atoms with Crippen LogP contribution in [0.1, 0.15) is 19.2 Å². The molecular weight excluding hydrogens is 202 g/mol. The maximum Gasteiger partial charge on any atom is 0.230 e. The molecule has 0 fully saturated rings. The van der Waals surface area contributed by atoms with Crippen LogP contribution in [0.3, 0.4) is 0 Å². The highest BCUT2D eigenvalue weighted by Gasteiger charge is 2.36. The molecule has 0 amide bonds. The SMILES string of the molecule is CCC(C#N)(C#N)c1nc2ccccc2o1. The van der Waals surface area contributed by atoms with Gasteiger partial charge in [0.1, 0.15) is 5.52 Å². The Balaban J connectivity index is 2.64. The highest BCUT2D eigenvalue weighted by Crippen LogP contribution is 2.28. The molecule has 1 aromatic heterocycles. The molecule has 0 unspecified atom stereocenters. The van der Waals surface area contributed by atoms with Crippen molar-refractivity contribution in [1.82, 2.24) is 4.98 Å². The van der Waals surface area contributed by atoms with E-state index < -0.39 is 5.41 Å². The Morgan fingerprint density at radius 2 is 2.00 bits per heavy atom. The molecule has 0 aliphatic rings. The third kappa shape index (κ3) is 1.32. The average molecular weight is 211 g/mol. The molecule has 78 valence electrons. The van der Waals surface area contributed by atoms with Crippen LogP contribution in [0.25, 0.3) is 11.1 Å². The fraction of sp³-hybridized carbons (Fsp3) is 0.250. The van der Waals surface area contributed by atoms with Gasteiger partial charge in [-0.2, -0.15) is 10.5 Å². The summed E-state index contributed by atoms with van der Waals surface area (Å²) in [6.45, 7) is 1.77. The lowest BCUT2D eigenvalue weighted by atomic mass is 9.89. The fourth-order valence-corrected chi connectivity index (χ4v) is 1.48. The van der Waals surface area contributed by atoms with E-state index in [2.05, 4.69) is 4.98 Å². The Morgan fingerprint density at radius 3 is 2.56 bits per heavy atom. The summed E-state index contributed by atoms with van der Waals surface area (Å²) in [6.07, 6.45) is 0.354. The Kier molecular flexibility index (Phi) is 2.34. The number of oxazole rings is 1. The lowest BCUT2D eigenvalue weighted by Gasteiger charge is -2.09. The minimum Gasteiger partial charge on any atom is -0.438 e. The zero-order chi connectivity index (χ0) is 11.6. The minimum absolute atomic E-state index is 0.182. The predicted octanol–water partition coefficient (Wildman–Crippen LogP) is 2.52. The number of benzene rings is 1. The van der Waals surface area contributed by atoms with Crippen molar-refractivity contribution in [3.8, 4) is 12.1 Å². The third-order valence-electron chi connectivity index (χ3n) is 2.57. The van der Waals surface area contributed by atoms with Crippen molar-refractivity contribution in [3.05, 3.63) is 30.2 Å². The molecule has 0 spiro atoms.